The Bertz CT molecular complexity index is 1160. The fourth-order valence-electron chi connectivity index (χ4n) is 4.59. The van der Waals surface area contributed by atoms with Crippen molar-refractivity contribution in [3.63, 3.8) is 0 Å². The molecule has 0 aromatic heterocycles. The number of fused-ring (bicyclic) bond motifs is 1. The number of anilines is 1. The number of hydrogen-bond donors (Lipinski definition) is 0. The van der Waals surface area contributed by atoms with Gasteiger partial charge in [0.05, 0.1) is 22.6 Å². The summed E-state index contributed by atoms with van der Waals surface area (Å²) in [7, 11) is -2.20. The van der Waals surface area contributed by atoms with Gasteiger partial charge >= 0.3 is 0 Å². The molecule has 2 aromatic carbocycles. The zero-order valence-corrected chi connectivity index (χ0v) is 21.2. The quantitative estimate of drug-likeness (QED) is 0.582. The number of carbonyl (C=O) groups is 1. The number of carbonyl (C=O) groups excluding carboxylic acids is 1. The van der Waals surface area contributed by atoms with Gasteiger partial charge in [-0.3, -0.25) is 4.79 Å². The highest BCUT2D eigenvalue weighted by atomic mass is 35.5. The van der Waals surface area contributed by atoms with Crippen molar-refractivity contribution in [3.8, 4) is 5.75 Å². The van der Waals surface area contributed by atoms with Gasteiger partial charge in [0.15, 0.2) is 9.84 Å². The van der Waals surface area contributed by atoms with Crippen LogP contribution in [0.15, 0.2) is 47.4 Å². The van der Waals surface area contributed by atoms with Gasteiger partial charge in [-0.15, -0.1) is 0 Å². The Balaban J connectivity index is 1.83. The first kappa shape index (κ1) is 25.0. The van der Waals surface area contributed by atoms with Crippen LogP contribution in [0.4, 0.5) is 5.69 Å². The highest BCUT2D eigenvalue weighted by Gasteiger charge is 2.48. The smallest absolute Gasteiger partial charge is 0.236 e. The molecule has 0 saturated carbocycles. The van der Waals surface area contributed by atoms with Gasteiger partial charge in [0.25, 0.3) is 0 Å². The molecule has 0 atom stereocenters. The molecule has 0 aliphatic carbocycles. The summed E-state index contributed by atoms with van der Waals surface area (Å²) in [5, 5.41) is 0.474. The van der Waals surface area contributed by atoms with Crippen LogP contribution in [0.3, 0.4) is 0 Å². The average Bonchev–Trinajstić information content (AvgIpc) is 2.92. The molecule has 0 spiro atoms. The third-order valence-corrected chi connectivity index (χ3v) is 9.46. The first-order valence-electron chi connectivity index (χ1n) is 11.3. The lowest BCUT2D eigenvalue weighted by Crippen LogP contribution is -2.43. The van der Waals surface area contributed by atoms with Gasteiger partial charge in [0.1, 0.15) is 17.1 Å². The maximum absolute atomic E-state index is 14.0. The van der Waals surface area contributed by atoms with Crippen LogP contribution in [0, 0.1) is 5.41 Å². The van der Waals surface area contributed by atoms with Crippen LogP contribution in [-0.2, 0) is 28.9 Å². The normalized spacial score (nSPS) is 19.8. The number of sulfone groups is 1. The lowest BCUT2D eigenvalue weighted by Gasteiger charge is -2.37. The number of amides is 1. The van der Waals surface area contributed by atoms with E-state index in [2.05, 4.69) is 0 Å². The van der Waals surface area contributed by atoms with Crippen molar-refractivity contribution in [1.82, 2.24) is 0 Å². The summed E-state index contributed by atoms with van der Waals surface area (Å²) in [5.74, 6) is 0.426. The molecule has 1 fully saturated rings. The SMILES string of the molecule is COCCN1C(=O)C(C)(C)COc2cc(C3(S(=O)(=O)c4ccc(Cl)cc4)CCOCC3)ccc21. The number of rotatable bonds is 6. The summed E-state index contributed by atoms with van der Waals surface area (Å²) >= 11 is 6.01. The molecule has 0 unspecified atom stereocenters. The van der Waals surface area contributed by atoms with Gasteiger partial charge in [-0.2, -0.15) is 0 Å². The largest absolute Gasteiger partial charge is 0.490 e. The van der Waals surface area contributed by atoms with Gasteiger partial charge in [-0.1, -0.05) is 17.7 Å². The number of halogens is 1. The molecule has 2 aliphatic heterocycles. The first-order valence-corrected chi connectivity index (χ1v) is 13.1. The van der Waals surface area contributed by atoms with E-state index in [9.17, 15) is 13.2 Å². The van der Waals surface area contributed by atoms with E-state index in [4.69, 9.17) is 25.8 Å². The van der Waals surface area contributed by atoms with E-state index in [0.29, 0.717) is 61.2 Å². The molecule has 2 heterocycles. The molecule has 184 valence electrons. The van der Waals surface area contributed by atoms with Gasteiger partial charge in [0, 0.05) is 31.9 Å². The Labute approximate surface area is 205 Å². The molecule has 4 rings (SSSR count). The fourth-order valence-corrected chi connectivity index (χ4v) is 6.80. The number of benzene rings is 2. The summed E-state index contributed by atoms with van der Waals surface area (Å²) in [6, 6.07) is 11.6. The fraction of sp³-hybridized carbons (Fsp3) is 0.480. The second-order valence-electron chi connectivity index (χ2n) is 9.37. The number of hydrogen-bond acceptors (Lipinski definition) is 6. The Morgan fingerprint density at radius 1 is 1.09 bits per heavy atom. The van der Waals surface area contributed by atoms with Crippen LogP contribution in [0.5, 0.6) is 5.75 Å². The lowest BCUT2D eigenvalue weighted by molar-refractivity contribution is -0.127. The van der Waals surface area contributed by atoms with Crippen molar-refractivity contribution in [2.45, 2.75) is 36.3 Å². The first-order chi connectivity index (χ1) is 16.1. The van der Waals surface area contributed by atoms with Crippen LogP contribution >= 0.6 is 11.6 Å². The molecule has 0 radical (unpaired) electrons. The summed E-state index contributed by atoms with van der Waals surface area (Å²) in [5.41, 5.74) is 0.504. The van der Waals surface area contributed by atoms with Gasteiger partial charge in [-0.25, -0.2) is 8.42 Å². The summed E-state index contributed by atoms with van der Waals surface area (Å²) in [6.07, 6.45) is 0.628. The Morgan fingerprint density at radius 3 is 2.41 bits per heavy atom. The van der Waals surface area contributed by atoms with Gasteiger partial charge in [-0.05, 0) is 68.7 Å². The van der Waals surface area contributed by atoms with Crippen LogP contribution in [-0.4, -0.2) is 54.4 Å². The molecule has 1 amide bonds. The lowest BCUT2D eigenvalue weighted by atomic mass is 9.90. The van der Waals surface area contributed by atoms with E-state index >= 15 is 0 Å². The topological polar surface area (TPSA) is 82.1 Å². The van der Waals surface area contributed by atoms with E-state index in [1.807, 2.05) is 13.8 Å². The third kappa shape index (κ3) is 4.33. The van der Waals surface area contributed by atoms with Crippen molar-refractivity contribution in [3.05, 3.63) is 53.1 Å². The van der Waals surface area contributed by atoms with Crippen molar-refractivity contribution < 1.29 is 27.4 Å². The maximum Gasteiger partial charge on any atom is 0.236 e. The Kier molecular flexibility index (Phi) is 6.97. The minimum absolute atomic E-state index is 0.0642. The second-order valence-corrected chi connectivity index (χ2v) is 12.1. The molecule has 0 N–H and O–H groups in total. The number of methoxy groups -OCH3 is 1. The Morgan fingerprint density at radius 2 is 1.76 bits per heavy atom. The van der Waals surface area contributed by atoms with Crippen LogP contribution in [0.1, 0.15) is 32.3 Å². The minimum Gasteiger partial charge on any atom is -0.490 e. The van der Waals surface area contributed by atoms with E-state index < -0.39 is 20.0 Å². The Hall–Kier alpha value is -2.13. The van der Waals surface area contributed by atoms with Crippen LogP contribution < -0.4 is 9.64 Å². The van der Waals surface area contributed by atoms with Gasteiger partial charge < -0.3 is 19.1 Å². The van der Waals surface area contributed by atoms with Gasteiger partial charge in [0.2, 0.25) is 5.91 Å². The molecule has 2 aliphatic rings. The molecule has 0 bridgehead atoms. The van der Waals surface area contributed by atoms with E-state index in [1.54, 1.807) is 54.5 Å². The molecule has 9 heteroatoms. The molecular formula is C25H30ClNO6S. The highest BCUT2D eigenvalue weighted by Crippen LogP contribution is 2.47. The molecular weight excluding hydrogens is 478 g/mol. The summed E-state index contributed by atoms with van der Waals surface area (Å²) in [4.78, 5) is 15.1. The molecule has 7 nitrogen and oxygen atoms in total. The highest BCUT2D eigenvalue weighted by molar-refractivity contribution is 7.92. The zero-order chi connectivity index (χ0) is 24.6. The van der Waals surface area contributed by atoms with Crippen molar-refractivity contribution >= 4 is 33.0 Å². The van der Waals surface area contributed by atoms with Crippen molar-refractivity contribution in [2.75, 3.05) is 45.0 Å². The predicted molar refractivity (Wildman–Crippen MR) is 130 cm³/mol. The van der Waals surface area contributed by atoms with Crippen LogP contribution in [0.25, 0.3) is 0 Å². The monoisotopic (exact) mass is 507 g/mol. The maximum atomic E-state index is 14.0. The third-order valence-electron chi connectivity index (χ3n) is 6.65. The zero-order valence-electron chi connectivity index (χ0n) is 19.7. The number of nitrogens with zero attached hydrogens (tertiary/aromatic N) is 1. The van der Waals surface area contributed by atoms with Crippen molar-refractivity contribution in [1.29, 1.82) is 0 Å². The standard InChI is InChI=1S/C25H30ClNO6S/c1-24(2)17-33-22-16-18(4-9-21(22)27(23(24)28)12-15-31-3)25(10-13-32-14-11-25)34(29,30)20-7-5-19(26)6-8-20/h4-9,16H,10-15,17H2,1-3H3. The minimum atomic E-state index is -3.79. The van der Waals surface area contributed by atoms with E-state index in [1.165, 1.54) is 0 Å². The summed E-state index contributed by atoms with van der Waals surface area (Å²) in [6.45, 7) is 5.27. The number of ether oxygens (including phenoxy) is 3. The second kappa shape index (κ2) is 9.49. The predicted octanol–water partition coefficient (Wildman–Crippen LogP) is 4.22. The molecule has 1 saturated heterocycles. The van der Waals surface area contributed by atoms with E-state index in [0.717, 1.165) is 0 Å². The molecule has 34 heavy (non-hydrogen) atoms. The van der Waals surface area contributed by atoms with Crippen molar-refractivity contribution in [2.24, 2.45) is 5.41 Å². The van der Waals surface area contributed by atoms with E-state index in [-0.39, 0.29) is 17.4 Å². The van der Waals surface area contributed by atoms with Crippen LogP contribution in [0.2, 0.25) is 5.02 Å². The molecule has 2 aromatic rings. The average molecular weight is 508 g/mol. The summed E-state index contributed by atoms with van der Waals surface area (Å²) < 4.78 is 43.7.